The van der Waals surface area contributed by atoms with E-state index < -0.39 is 0 Å². The summed E-state index contributed by atoms with van der Waals surface area (Å²) in [7, 11) is 2.13. The molecule has 4 nitrogen and oxygen atoms in total. The number of carbonyl (C=O) groups excluding carboxylic acids is 1. The summed E-state index contributed by atoms with van der Waals surface area (Å²) in [6.07, 6.45) is 5.72. The molecule has 3 heterocycles. The molecule has 0 spiro atoms. The summed E-state index contributed by atoms with van der Waals surface area (Å²) in [5, 5.41) is 0.458. The maximum absolute atomic E-state index is 12.0. The number of rotatable bonds is 2. The van der Waals surface area contributed by atoms with Gasteiger partial charge in [-0.05, 0) is 38.9 Å². The molecule has 1 atom stereocenters. The Kier molecular flexibility index (Phi) is 3.46. The van der Waals surface area contributed by atoms with Gasteiger partial charge in [-0.3, -0.25) is 9.69 Å². The molecule has 1 unspecified atom stereocenters. The Hall–Kier alpha value is -1.13. The molecule has 0 bridgehead atoms. The van der Waals surface area contributed by atoms with Gasteiger partial charge in [0.2, 0.25) is 5.91 Å². The quantitative estimate of drug-likeness (QED) is 0.781. The van der Waals surface area contributed by atoms with E-state index >= 15 is 0 Å². The van der Waals surface area contributed by atoms with Crippen molar-refractivity contribution in [1.82, 2.24) is 9.88 Å². The minimum absolute atomic E-state index is 0.198. The molecular formula is C14H18ClN3O. The van der Waals surface area contributed by atoms with Gasteiger partial charge in [0.15, 0.2) is 0 Å². The molecule has 0 N–H and O–H groups in total. The van der Waals surface area contributed by atoms with Gasteiger partial charge in [-0.25, -0.2) is 4.98 Å². The molecular weight excluding hydrogens is 262 g/mol. The molecule has 3 rings (SSSR count). The average Bonchev–Trinajstić information content (AvgIpc) is 2.98. The van der Waals surface area contributed by atoms with Crippen molar-refractivity contribution in [3.63, 3.8) is 0 Å². The van der Waals surface area contributed by atoms with E-state index in [0.29, 0.717) is 17.6 Å². The molecule has 0 aromatic carbocycles. The molecule has 1 amide bonds. The summed E-state index contributed by atoms with van der Waals surface area (Å²) in [4.78, 5) is 20.4. The van der Waals surface area contributed by atoms with E-state index in [1.807, 2.05) is 17.2 Å². The number of likely N-dealkylation sites (tertiary alicyclic amines) is 1. The first-order valence-corrected chi connectivity index (χ1v) is 7.20. The van der Waals surface area contributed by atoms with Crippen LogP contribution in [0.3, 0.4) is 0 Å². The summed E-state index contributed by atoms with van der Waals surface area (Å²) in [5.74, 6) is 0.198. The standard InChI is InChI=1S/C14H18ClN3O/c1-17-6-2-4-11(17)10-9-16-13(15)8-12(10)18-7-3-5-14(18)19/h8-9,11H,2-7H2,1H3. The largest absolute Gasteiger partial charge is 0.312 e. The van der Waals surface area contributed by atoms with Crippen LogP contribution in [-0.4, -0.2) is 35.9 Å². The lowest BCUT2D eigenvalue weighted by Gasteiger charge is -2.26. The molecule has 1 aromatic heterocycles. The summed E-state index contributed by atoms with van der Waals surface area (Å²) >= 11 is 6.02. The van der Waals surface area contributed by atoms with Crippen LogP contribution >= 0.6 is 11.6 Å². The van der Waals surface area contributed by atoms with Crippen LogP contribution in [0.1, 0.15) is 37.3 Å². The smallest absolute Gasteiger partial charge is 0.227 e. The zero-order chi connectivity index (χ0) is 13.4. The second-order valence-corrected chi connectivity index (χ2v) is 5.74. The van der Waals surface area contributed by atoms with E-state index in [4.69, 9.17) is 11.6 Å². The fraction of sp³-hybridized carbons (Fsp3) is 0.571. The van der Waals surface area contributed by atoms with Crippen LogP contribution in [0.4, 0.5) is 5.69 Å². The minimum atomic E-state index is 0.198. The first kappa shape index (κ1) is 12.9. The minimum Gasteiger partial charge on any atom is -0.312 e. The lowest BCUT2D eigenvalue weighted by atomic mass is 10.0. The third-order valence-electron chi connectivity index (χ3n) is 4.12. The maximum Gasteiger partial charge on any atom is 0.227 e. The second kappa shape index (κ2) is 5.10. The summed E-state index contributed by atoms with van der Waals surface area (Å²) in [6, 6.07) is 2.19. The number of aromatic nitrogens is 1. The van der Waals surface area contributed by atoms with Crippen LogP contribution in [0.25, 0.3) is 0 Å². The Labute approximate surface area is 118 Å². The lowest BCUT2D eigenvalue weighted by molar-refractivity contribution is -0.117. The van der Waals surface area contributed by atoms with Crippen molar-refractivity contribution < 1.29 is 4.79 Å². The predicted octanol–water partition coefficient (Wildman–Crippen LogP) is 2.63. The second-order valence-electron chi connectivity index (χ2n) is 5.35. The van der Waals surface area contributed by atoms with Crippen molar-refractivity contribution in [2.45, 2.75) is 31.7 Å². The number of anilines is 1. The van der Waals surface area contributed by atoms with Crippen molar-refractivity contribution >= 4 is 23.2 Å². The zero-order valence-electron chi connectivity index (χ0n) is 11.1. The molecule has 2 fully saturated rings. The van der Waals surface area contributed by atoms with Crippen LogP contribution in [-0.2, 0) is 4.79 Å². The summed E-state index contributed by atoms with van der Waals surface area (Å²) < 4.78 is 0. The van der Waals surface area contributed by atoms with Crippen molar-refractivity contribution in [1.29, 1.82) is 0 Å². The molecule has 5 heteroatoms. The summed E-state index contributed by atoms with van der Waals surface area (Å²) in [5.41, 5.74) is 2.10. The van der Waals surface area contributed by atoms with Gasteiger partial charge in [-0.1, -0.05) is 11.6 Å². The maximum atomic E-state index is 12.0. The number of pyridine rings is 1. The topological polar surface area (TPSA) is 36.4 Å². The Morgan fingerprint density at radius 1 is 1.37 bits per heavy atom. The molecule has 2 saturated heterocycles. The Morgan fingerprint density at radius 2 is 2.21 bits per heavy atom. The fourth-order valence-corrected chi connectivity index (χ4v) is 3.28. The van der Waals surface area contributed by atoms with E-state index in [9.17, 15) is 4.79 Å². The van der Waals surface area contributed by atoms with Gasteiger partial charge < -0.3 is 4.90 Å². The van der Waals surface area contributed by atoms with Crippen molar-refractivity contribution in [3.05, 3.63) is 23.0 Å². The lowest BCUT2D eigenvalue weighted by Crippen LogP contribution is -2.27. The normalized spacial score (nSPS) is 24.4. The van der Waals surface area contributed by atoms with Gasteiger partial charge in [0.25, 0.3) is 0 Å². The predicted molar refractivity (Wildman–Crippen MR) is 75.4 cm³/mol. The van der Waals surface area contributed by atoms with E-state index in [1.165, 1.54) is 6.42 Å². The number of carbonyl (C=O) groups is 1. The van der Waals surface area contributed by atoms with Gasteiger partial charge in [0.1, 0.15) is 5.15 Å². The monoisotopic (exact) mass is 279 g/mol. The molecule has 1 aromatic rings. The number of hydrogen-bond acceptors (Lipinski definition) is 3. The number of amides is 1. The highest BCUT2D eigenvalue weighted by Gasteiger charge is 2.30. The van der Waals surface area contributed by atoms with E-state index in [1.54, 1.807) is 0 Å². The SMILES string of the molecule is CN1CCCC1c1cnc(Cl)cc1N1CCCC1=O. The molecule has 19 heavy (non-hydrogen) atoms. The number of hydrogen-bond donors (Lipinski definition) is 0. The summed E-state index contributed by atoms with van der Waals surface area (Å²) in [6.45, 7) is 1.89. The van der Waals surface area contributed by atoms with Gasteiger partial charge in [-0.15, -0.1) is 0 Å². The molecule has 2 aliphatic heterocycles. The van der Waals surface area contributed by atoms with Crippen LogP contribution in [0, 0.1) is 0 Å². The van der Waals surface area contributed by atoms with E-state index in [2.05, 4.69) is 16.9 Å². The van der Waals surface area contributed by atoms with E-state index in [0.717, 1.165) is 37.2 Å². The highest BCUT2D eigenvalue weighted by molar-refractivity contribution is 6.29. The first-order chi connectivity index (χ1) is 9.16. The third-order valence-corrected chi connectivity index (χ3v) is 4.33. The highest BCUT2D eigenvalue weighted by atomic mass is 35.5. The van der Waals surface area contributed by atoms with Gasteiger partial charge in [-0.2, -0.15) is 0 Å². The molecule has 0 saturated carbocycles. The highest BCUT2D eigenvalue weighted by Crippen LogP contribution is 2.38. The third kappa shape index (κ3) is 2.35. The van der Waals surface area contributed by atoms with Crippen LogP contribution < -0.4 is 4.90 Å². The number of nitrogens with zero attached hydrogens (tertiary/aromatic N) is 3. The fourth-order valence-electron chi connectivity index (χ4n) is 3.13. The van der Waals surface area contributed by atoms with Gasteiger partial charge >= 0.3 is 0 Å². The molecule has 2 aliphatic rings. The van der Waals surface area contributed by atoms with E-state index in [-0.39, 0.29) is 5.91 Å². The van der Waals surface area contributed by atoms with Crippen LogP contribution in [0.2, 0.25) is 5.15 Å². The molecule has 102 valence electrons. The number of halogens is 1. The Bertz CT molecular complexity index is 505. The zero-order valence-corrected chi connectivity index (χ0v) is 11.9. The first-order valence-electron chi connectivity index (χ1n) is 6.83. The van der Waals surface area contributed by atoms with Crippen molar-refractivity contribution in [2.75, 3.05) is 25.0 Å². The average molecular weight is 280 g/mol. The Morgan fingerprint density at radius 3 is 2.84 bits per heavy atom. The van der Waals surface area contributed by atoms with Crippen LogP contribution in [0.5, 0.6) is 0 Å². The van der Waals surface area contributed by atoms with Gasteiger partial charge in [0, 0.05) is 30.8 Å². The molecule has 0 radical (unpaired) electrons. The van der Waals surface area contributed by atoms with Crippen molar-refractivity contribution in [2.24, 2.45) is 0 Å². The molecule has 0 aliphatic carbocycles. The Balaban J connectivity index is 2.01. The van der Waals surface area contributed by atoms with Crippen LogP contribution in [0.15, 0.2) is 12.3 Å². The van der Waals surface area contributed by atoms with Crippen molar-refractivity contribution in [3.8, 4) is 0 Å². The van der Waals surface area contributed by atoms with Gasteiger partial charge in [0.05, 0.1) is 5.69 Å².